The van der Waals surface area contributed by atoms with E-state index in [1.165, 1.54) is 6.92 Å². The number of benzene rings is 1. The Balaban J connectivity index is 3.05. The molecule has 0 aromatic heterocycles. The first-order chi connectivity index (χ1) is 9.40. The number of hydrogen-bond donors (Lipinski definition) is 2. The summed E-state index contributed by atoms with van der Waals surface area (Å²) in [7, 11) is 0. The zero-order valence-corrected chi connectivity index (χ0v) is 11.6. The fourth-order valence-corrected chi connectivity index (χ4v) is 1.88. The van der Waals surface area contributed by atoms with Crippen LogP contribution in [0.4, 0.5) is 32.0 Å². The van der Waals surface area contributed by atoms with E-state index in [0.717, 1.165) is 12.1 Å². The second-order valence-corrected chi connectivity index (χ2v) is 4.93. The van der Waals surface area contributed by atoms with Crippen molar-refractivity contribution in [2.75, 3.05) is 5.32 Å². The van der Waals surface area contributed by atoms with Crippen molar-refractivity contribution >= 4 is 22.9 Å². The summed E-state index contributed by atoms with van der Waals surface area (Å²) in [5.74, 6) is 0. The Bertz CT molecular complexity index is 523. The van der Waals surface area contributed by atoms with Gasteiger partial charge >= 0.3 is 12.4 Å². The van der Waals surface area contributed by atoms with Gasteiger partial charge in [-0.05, 0) is 25.1 Å². The highest BCUT2D eigenvalue weighted by Gasteiger charge is 2.32. The first-order valence-electron chi connectivity index (χ1n) is 5.74. The zero-order chi connectivity index (χ0) is 16.4. The zero-order valence-electron chi connectivity index (χ0n) is 10.8. The number of alkyl halides is 6. The molecule has 0 aliphatic heterocycles. The van der Waals surface area contributed by atoms with Crippen molar-refractivity contribution in [1.29, 1.82) is 0 Å². The fraction of sp³-hybridized carbons (Fsp3) is 0.417. The minimum absolute atomic E-state index is 0.0345. The van der Waals surface area contributed by atoms with E-state index < -0.39 is 30.4 Å². The van der Waals surface area contributed by atoms with E-state index in [-0.39, 0.29) is 16.2 Å². The van der Waals surface area contributed by atoms with Crippen LogP contribution in [0.25, 0.3) is 0 Å². The van der Waals surface area contributed by atoms with Gasteiger partial charge in [-0.1, -0.05) is 12.2 Å². The van der Waals surface area contributed by atoms with E-state index in [4.69, 9.17) is 5.73 Å². The topological polar surface area (TPSA) is 38.0 Å². The molecule has 0 radical (unpaired) electrons. The molecule has 0 amide bonds. The molecule has 0 heterocycles. The van der Waals surface area contributed by atoms with Gasteiger partial charge < -0.3 is 11.1 Å². The van der Waals surface area contributed by atoms with Crippen molar-refractivity contribution in [3.8, 4) is 0 Å². The third kappa shape index (κ3) is 5.41. The van der Waals surface area contributed by atoms with Gasteiger partial charge in [0.15, 0.2) is 0 Å². The van der Waals surface area contributed by atoms with Crippen molar-refractivity contribution in [3.63, 3.8) is 0 Å². The standard InChI is InChI=1S/C12H12F6N2S/c1-6(5-11(13,14)15)20-9-3-2-7(12(16,17)18)4-8(9)10(19)21/h2-4,6,20H,5H2,1H3,(H2,19,21). The van der Waals surface area contributed by atoms with Gasteiger partial charge in [-0.15, -0.1) is 0 Å². The van der Waals surface area contributed by atoms with Crippen LogP contribution in [-0.4, -0.2) is 17.2 Å². The fourth-order valence-electron chi connectivity index (χ4n) is 1.71. The van der Waals surface area contributed by atoms with Crippen LogP contribution in [0.2, 0.25) is 0 Å². The Morgan fingerprint density at radius 2 is 1.81 bits per heavy atom. The molecule has 1 unspecified atom stereocenters. The lowest BCUT2D eigenvalue weighted by Gasteiger charge is -2.20. The number of rotatable bonds is 4. The van der Waals surface area contributed by atoms with Crippen molar-refractivity contribution < 1.29 is 26.3 Å². The second kappa shape index (κ2) is 6.08. The Morgan fingerprint density at radius 1 is 1.24 bits per heavy atom. The third-order valence-corrected chi connectivity index (χ3v) is 2.77. The van der Waals surface area contributed by atoms with Gasteiger partial charge in [0.2, 0.25) is 0 Å². The molecule has 118 valence electrons. The molecule has 0 spiro atoms. The molecule has 0 saturated carbocycles. The van der Waals surface area contributed by atoms with Crippen molar-refractivity contribution in [2.45, 2.75) is 31.7 Å². The summed E-state index contributed by atoms with van der Waals surface area (Å²) in [6.45, 7) is 1.26. The summed E-state index contributed by atoms with van der Waals surface area (Å²) in [6.07, 6.45) is -10.1. The van der Waals surface area contributed by atoms with Crippen molar-refractivity contribution in [2.24, 2.45) is 5.73 Å². The summed E-state index contributed by atoms with van der Waals surface area (Å²) < 4.78 is 74.5. The van der Waals surface area contributed by atoms with Crippen LogP contribution in [0.1, 0.15) is 24.5 Å². The largest absolute Gasteiger partial charge is 0.416 e. The van der Waals surface area contributed by atoms with E-state index >= 15 is 0 Å². The summed E-state index contributed by atoms with van der Waals surface area (Å²) in [5.41, 5.74) is 4.25. The molecule has 0 bridgehead atoms. The summed E-state index contributed by atoms with van der Waals surface area (Å²) >= 11 is 4.64. The monoisotopic (exact) mass is 330 g/mol. The number of hydrogen-bond acceptors (Lipinski definition) is 2. The molecular weight excluding hydrogens is 318 g/mol. The molecule has 0 aliphatic rings. The highest BCUT2D eigenvalue weighted by Crippen LogP contribution is 2.32. The molecule has 3 N–H and O–H groups in total. The van der Waals surface area contributed by atoms with Crippen LogP contribution < -0.4 is 11.1 Å². The highest BCUT2D eigenvalue weighted by atomic mass is 32.1. The van der Waals surface area contributed by atoms with Crippen LogP contribution >= 0.6 is 12.2 Å². The van der Waals surface area contributed by atoms with E-state index in [9.17, 15) is 26.3 Å². The van der Waals surface area contributed by atoms with Gasteiger partial charge in [0.1, 0.15) is 4.99 Å². The Morgan fingerprint density at radius 3 is 2.24 bits per heavy atom. The lowest BCUT2D eigenvalue weighted by molar-refractivity contribution is -0.137. The molecule has 0 fully saturated rings. The summed E-state index contributed by atoms with van der Waals surface area (Å²) in [4.78, 5) is -0.331. The quantitative estimate of drug-likeness (QED) is 0.645. The lowest BCUT2D eigenvalue weighted by Crippen LogP contribution is -2.25. The molecule has 1 atom stereocenters. The smallest absolute Gasteiger partial charge is 0.389 e. The van der Waals surface area contributed by atoms with Gasteiger partial charge in [0, 0.05) is 17.3 Å². The van der Waals surface area contributed by atoms with E-state index in [2.05, 4.69) is 17.5 Å². The van der Waals surface area contributed by atoms with Gasteiger partial charge in [-0.3, -0.25) is 0 Å². The van der Waals surface area contributed by atoms with Crippen LogP contribution in [0.3, 0.4) is 0 Å². The van der Waals surface area contributed by atoms with Crippen molar-refractivity contribution in [3.05, 3.63) is 29.3 Å². The van der Waals surface area contributed by atoms with Gasteiger partial charge in [-0.25, -0.2) is 0 Å². The predicted octanol–water partition coefficient (Wildman–Crippen LogP) is 4.09. The molecule has 1 aromatic carbocycles. The second-order valence-electron chi connectivity index (χ2n) is 4.49. The number of anilines is 1. The average Bonchev–Trinajstić information content (AvgIpc) is 2.24. The predicted molar refractivity (Wildman–Crippen MR) is 71.1 cm³/mol. The van der Waals surface area contributed by atoms with Crippen LogP contribution in [-0.2, 0) is 6.18 Å². The van der Waals surface area contributed by atoms with Crippen molar-refractivity contribution in [1.82, 2.24) is 0 Å². The lowest BCUT2D eigenvalue weighted by atomic mass is 10.1. The number of halogens is 6. The number of nitrogens with one attached hydrogen (secondary N) is 1. The Labute approximate surface area is 122 Å². The Hall–Kier alpha value is -1.51. The third-order valence-electron chi connectivity index (χ3n) is 2.55. The SMILES string of the molecule is CC(CC(F)(F)F)Nc1ccc(C(F)(F)F)cc1C(N)=S. The number of nitrogens with two attached hydrogens (primary N) is 1. The van der Waals surface area contributed by atoms with Crippen LogP contribution in [0.5, 0.6) is 0 Å². The minimum atomic E-state index is -4.59. The molecule has 2 nitrogen and oxygen atoms in total. The van der Waals surface area contributed by atoms with Gasteiger partial charge in [-0.2, -0.15) is 26.3 Å². The van der Waals surface area contributed by atoms with Gasteiger partial charge in [0.05, 0.1) is 12.0 Å². The van der Waals surface area contributed by atoms with E-state index in [1.54, 1.807) is 0 Å². The molecule has 1 aromatic rings. The molecule has 21 heavy (non-hydrogen) atoms. The molecule has 1 rings (SSSR count). The molecule has 0 saturated heterocycles. The van der Waals surface area contributed by atoms with Gasteiger partial charge in [0.25, 0.3) is 0 Å². The first kappa shape index (κ1) is 17.5. The summed E-state index contributed by atoms with van der Waals surface area (Å²) in [5, 5.41) is 2.47. The number of thiocarbonyl (C=S) groups is 1. The average molecular weight is 330 g/mol. The molecular formula is C12H12F6N2S. The van der Waals surface area contributed by atoms with Crippen LogP contribution in [0.15, 0.2) is 18.2 Å². The normalized spacial score (nSPS) is 13.9. The molecule has 0 aliphatic carbocycles. The first-order valence-corrected chi connectivity index (χ1v) is 6.15. The van der Waals surface area contributed by atoms with E-state index in [0.29, 0.717) is 6.07 Å². The maximum Gasteiger partial charge on any atom is 0.416 e. The maximum absolute atomic E-state index is 12.6. The Kier molecular flexibility index (Phi) is 5.08. The molecule has 9 heteroatoms. The summed E-state index contributed by atoms with van der Waals surface area (Å²) in [6, 6.07) is 1.45. The highest BCUT2D eigenvalue weighted by molar-refractivity contribution is 7.80. The van der Waals surface area contributed by atoms with E-state index in [1.807, 2.05) is 0 Å². The maximum atomic E-state index is 12.6. The van der Waals surface area contributed by atoms with Crippen LogP contribution in [0, 0.1) is 0 Å². The minimum Gasteiger partial charge on any atom is -0.389 e.